The molecule has 0 radical (unpaired) electrons. The van der Waals surface area contributed by atoms with Gasteiger partial charge in [-0.2, -0.15) is 4.98 Å². The van der Waals surface area contributed by atoms with Crippen molar-refractivity contribution in [3.8, 4) is 11.5 Å². The number of aryl methyl sites for hydroxylation is 1. The number of nitrogens with one attached hydrogen (secondary N) is 1. The Hall–Kier alpha value is -3.41. The summed E-state index contributed by atoms with van der Waals surface area (Å²) >= 11 is 0. The van der Waals surface area contributed by atoms with Gasteiger partial charge in [0, 0.05) is 30.3 Å². The second kappa shape index (κ2) is 12.0. The van der Waals surface area contributed by atoms with Crippen molar-refractivity contribution in [1.29, 1.82) is 0 Å². The van der Waals surface area contributed by atoms with Crippen LogP contribution in [0.15, 0.2) is 53.0 Å². The number of methoxy groups -OCH3 is 1. The average Bonchev–Trinajstić information content (AvgIpc) is 3.29. The Morgan fingerprint density at radius 2 is 2.02 bits per heavy atom. The first-order chi connectivity index (χ1) is 19.0. The van der Waals surface area contributed by atoms with Crippen molar-refractivity contribution in [2.75, 3.05) is 37.9 Å². The Morgan fingerprint density at radius 3 is 2.62 bits per heavy atom. The number of rotatable bonds is 12. The van der Waals surface area contributed by atoms with Crippen molar-refractivity contribution in [3.63, 3.8) is 0 Å². The Morgan fingerprint density at radius 1 is 1.30 bits per heavy atom. The van der Waals surface area contributed by atoms with Gasteiger partial charge in [-0.05, 0) is 50.2 Å². The first-order valence-electron chi connectivity index (χ1n) is 13.1. The fraction of sp³-hybridized carbons (Fsp3) is 0.414. The number of sulfonamides is 1. The van der Waals surface area contributed by atoms with Crippen molar-refractivity contribution in [2.24, 2.45) is 0 Å². The van der Waals surface area contributed by atoms with E-state index in [-0.39, 0.29) is 31.1 Å². The number of ether oxygens (including phenoxy) is 2. The third kappa shape index (κ3) is 6.32. The number of hydrogen-bond donors (Lipinski definition) is 2. The van der Waals surface area contributed by atoms with Gasteiger partial charge in [0.05, 0.1) is 25.5 Å². The molecule has 3 aromatic rings. The number of aromatic nitrogens is 1. The standard InChI is InChI=1S/C29H36FN3O6S/c1-6-19-18-21-24(27(34)31-3)25(20-12-14-29(2,30)15-13-20)39-28(21)32-26(19)33(40(5,35)36)16-9-17-38-23-11-8-7-10-22(23)37-4/h7-8,10-14,18,27,31,34H,6,9,15-17H2,1-5H3. The summed E-state index contributed by atoms with van der Waals surface area (Å²) < 4.78 is 58.8. The lowest BCUT2D eigenvalue weighted by molar-refractivity contribution is 0.149. The van der Waals surface area contributed by atoms with E-state index in [1.807, 2.05) is 19.1 Å². The second-order valence-corrected chi connectivity index (χ2v) is 11.8. The number of aliphatic hydroxyl groups is 1. The molecule has 11 heteroatoms. The molecule has 0 saturated carbocycles. The Labute approximate surface area is 234 Å². The van der Waals surface area contributed by atoms with Crippen molar-refractivity contribution < 1.29 is 31.8 Å². The van der Waals surface area contributed by atoms with Crippen molar-refractivity contribution in [1.82, 2.24) is 10.3 Å². The molecule has 2 heterocycles. The molecular formula is C29H36FN3O6S. The topological polar surface area (TPSA) is 114 Å². The summed E-state index contributed by atoms with van der Waals surface area (Å²) in [7, 11) is -0.545. The molecule has 0 spiro atoms. The first-order valence-corrected chi connectivity index (χ1v) is 15.0. The number of benzene rings is 1. The van der Waals surface area contributed by atoms with Gasteiger partial charge in [0.1, 0.15) is 23.5 Å². The number of pyridine rings is 1. The lowest BCUT2D eigenvalue weighted by Gasteiger charge is -2.23. The molecule has 1 aromatic carbocycles. The van der Waals surface area contributed by atoms with E-state index >= 15 is 0 Å². The van der Waals surface area contributed by atoms with Crippen LogP contribution >= 0.6 is 0 Å². The number of nitrogens with zero attached hydrogens (tertiary/aromatic N) is 2. The quantitative estimate of drug-likeness (QED) is 0.232. The lowest BCUT2D eigenvalue weighted by Crippen LogP contribution is -2.33. The van der Waals surface area contributed by atoms with E-state index in [4.69, 9.17) is 13.9 Å². The van der Waals surface area contributed by atoms with Crippen LogP contribution in [0.2, 0.25) is 0 Å². The highest BCUT2D eigenvalue weighted by molar-refractivity contribution is 7.92. The smallest absolute Gasteiger partial charge is 0.233 e. The van der Waals surface area contributed by atoms with Crippen LogP contribution in [0.3, 0.4) is 0 Å². The molecule has 2 aromatic heterocycles. The predicted molar refractivity (Wildman–Crippen MR) is 154 cm³/mol. The van der Waals surface area contributed by atoms with Gasteiger partial charge >= 0.3 is 0 Å². The monoisotopic (exact) mass is 573 g/mol. The number of aliphatic hydroxyl groups excluding tert-OH is 1. The number of allylic oxidation sites excluding steroid dienone is 4. The molecule has 2 unspecified atom stereocenters. The summed E-state index contributed by atoms with van der Waals surface area (Å²) in [6.45, 7) is 3.78. The molecule has 0 saturated heterocycles. The molecule has 0 amide bonds. The van der Waals surface area contributed by atoms with Crippen LogP contribution in [0.5, 0.6) is 11.5 Å². The molecule has 0 fully saturated rings. The molecule has 0 bridgehead atoms. The van der Waals surface area contributed by atoms with Crippen LogP contribution < -0.4 is 19.1 Å². The maximum absolute atomic E-state index is 14.4. The minimum Gasteiger partial charge on any atom is -0.493 e. The molecule has 1 aliphatic carbocycles. The Balaban J connectivity index is 1.69. The van der Waals surface area contributed by atoms with E-state index < -0.39 is 21.9 Å². The van der Waals surface area contributed by atoms with Gasteiger partial charge in [-0.25, -0.2) is 12.8 Å². The summed E-state index contributed by atoms with van der Waals surface area (Å²) in [6.07, 6.45) is 5.88. The van der Waals surface area contributed by atoms with Gasteiger partial charge in [0.25, 0.3) is 0 Å². The minimum atomic E-state index is -3.71. The van der Waals surface area contributed by atoms with Crippen molar-refractivity contribution >= 4 is 32.5 Å². The summed E-state index contributed by atoms with van der Waals surface area (Å²) in [5.74, 6) is 1.77. The zero-order valence-electron chi connectivity index (χ0n) is 23.4. The number of halogens is 1. The number of para-hydroxylation sites is 2. The molecule has 4 rings (SSSR count). The van der Waals surface area contributed by atoms with Crippen LogP contribution in [0.25, 0.3) is 16.7 Å². The van der Waals surface area contributed by atoms with Crippen LogP contribution in [0.4, 0.5) is 10.2 Å². The highest BCUT2D eigenvalue weighted by atomic mass is 32.2. The Bertz CT molecular complexity index is 1530. The molecular weight excluding hydrogens is 537 g/mol. The molecule has 40 heavy (non-hydrogen) atoms. The van der Waals surface area contributed by atoms with Gasteiger partial charge < -0.3 is 19.0 Å². The number of furan rings is 1. The van der Waals surface area contributed by atoms with Crippen molar-refractivity contribution in [3.05, 3.63) is 65.4 Å². The van der Waals surface area contributed by atoms with E-state index in [0.29, 0.717) is 52.2 Å². The van der Waals surface area contributed by atoms with E-state index in [1.54, 1.807) is 44.5 Å². The van der Waals surface area contributed by atoms with Crippen LogP contribution in [-0.4, -0.2) is 57.7 Å². The van der Waals surface area contributed by atoms with Crippen LogP contribution in [-0.2, 0) is 16.4 Å². The lowest BCUT2D eigenvalue weighted by atomic mass is 9.93. The molecule has 0 aliphatic heterocycles. The number of anilines is 1. The van der Waals surface area contributed by atoms with Crippen LogP contribution in [0, 0.1) is 0 Å². The minimum absolute atomic E-state index is 0.127. The predicted octanol–water partition coefficient (Wildman–Crippen LogP) is 4.92. The number of hydrogen-bond acceptors (Lipinski definition) is 8. The third-order valence-corrected chi connectivity index (χ3v) is 7.92. The van der Waals surface area contributed by atoms with E-state index in [2.05, 4.69) is 10.3 Å². The highest BCUT2D eigenvalue weighted by Crippen LogP contribution is 2.39. The molecule has 1 aliphatic rings. The second-order valence-electron chi connectivity index (χ2n) is 9.88. The SMILES string of the molecule is CCc1cc2c(C(O)NC)c(C3=CCC(C)(F)C=C3)oc2nc1N(CCCOc1ccccc1OC)S(C)(=O)=O. The zero-order chi connectivity index (χ0) is 29.1. The molecule has 2 N–H and O–H groups in total. The van der Waals surface area contributed by atoms with Gasteiger partial charge in [-0.3, -0.25) is 9.62 Å². The summed E-state index contributed by atoms with van der Waals surface area (Å²) in [4.78, 5) is 4.65. The largest absolute Gasteiger partial charge is 0.493 e. The molecule has 9 nitrogen and oxygen atoms in total. The average molecular weight is 574 g/mol. The maximum atomic E-state index is 14.4. The van der Waals surface area contributed by atoms with Gasteiger partial charge in [-0.1, -0.05) is 31.2 Å². The fourth-order valence-corrected chi connectivity index (χ4v) is 5.55. The summed E-state index contributed by atoms with van der Waals surface area (Å²) in [5, 5.41) is 14.2. The zero-order valence-corrected chi connectivity index (χ0v) is 24.2. The first kappa shape index (κ1) is 29.6. The number of alkyl halides is 1. The fourth-order valence-electron chi connectivity index (χ4n) is 4.61. The summed E-state index contributed by atoms with van der Waals surface area (Å²) in [6, 6.07) is 9.05. The van der Waals surface area contributed by atoms with Gasteiger partial charge in [0.15, 0.2) is 11.5 Å². The maximum Gasteiger partial charge on any atom is 0.233 e. The van der Waals surface area contributed by atoms with Crippen molar-refractivity contribution in [2.45, 2.75) is 45.0 Å². The normalized spacial score (nSPS) is 18.0. The van der Waals surface area contributed by atoms with E-state index in [1.165, 1.54) is 17.3 Å². The summed E-state index contributed by atoms with van der Waals surface area (Å²) in [5.41, 5.74) is 0.452. The molecule has 216 valence electrons. The van der Waals surface area contributed by atoms with E-state index in [0.717, 1.165) is 6.26 Å². The molecule has 2 atom stereocenters. The van der Waals surface area contributed by atoms with Gasteiger partial charge in [-0.15, -0.1) is 0 Å². The highest BCUT2D eigenvalue weighted by Gasteiger charge is 2.29. The van der Waals surface area contributed by atoms with E-state index in [9.17, 15) is 17.9 Å². The Kier molecular flexibility index (Phi) is 8.86. The number of fused-ring (bicyclic) bond motifs is 1. The third-order valence-electron chi connectivity index (χ3n) is 6.77. The van der Waals surface area contributed by atoms with Crippen LogP contribution in [0.1, 0.15) is 49.8 Å². The van der Waals surface area contributed by atoms with Gasteiger partial charge in [0.2, 0.25) is 15.7 Å².